The minimum absolute atomic E-state index is 0.00356. The van der Waals surface area contributed by atoms with E-state index in [9.17, 15) is 4.79 Å². The lowest BCUT2D eigenvalue weighted by Crippen LogP contribution is -2.45. The molecule has 100 valence electrons. The summed E-state index contributed by atoms with van der Waals surface area (Å²) < 4.78 is 0. The van der Waals surface area contributed by atoms with Crippen molar-refractivity contribution in [3.05, 3.63) is 34.9 Å². The van der Waals surface area contributed by atoms with Gasteiger partial charge in [-0.3, -0.25) is 4.79 Å². The molecule has 0 bridgehead atoms. The number of hydrogen-bond donors (Lipinski definition) is 2. The van der Waals surface area contributed by atoms with Gasteiger partial charge in [0, 0.05) is 18.0 Å². The maximum absolute atomic E-state index is 11.8. The fourth-order valence-electron chi connectivity index (χ4n) is 2.14. The summed E-state index contributed by atoms with van der Waals surface area (Å²) in [5.74, 6) is -0.00356. The zero-order chi connectivity index (χ0) is 13.6. The topological polar surface area (TPSA) is 55.1 Å². The average molecular weight is 269 g/mol. The van der Waals surface area contributed by atoms with Crippen LogP contribution in [0.5, 0.6) is 0 Å². The fraction of sp³-hybridized carbons (Fsp3) is 0.500. The predicted molar refractivity (Wildman–Crippen MR) is 75.5 cm³/mol. The van der Waals surface area contributed by atoms with Crippen molar-refractivity contribution in [1.82, 2.24) is 5.32 Å². The molecule has 0 aliphatic rings. The average Bonchev–Trinajstić information content (AvgIpc) is 2.37. The van der Waals surface area contributed by atoms with Crippen LogP contribution in [0.25, 0.3) is 0 Å². The van der Waals surface area contributed by atoms with E-state index in [1.165, 1.54) is 0 Å². The maximum atomic E-state index is 11.8. The number of rotatable bonds is 6. The van der Waals surface area contributed by atoms with Crippen molar-refractivity contribution in [2.45, 2.75) is 38.6 Å². The van der Waals surface area contributed by atoms with Crippen molar-refractivity contribution in [2.24, 2.45) is 5.73 Å². The molecule has 0 atom stereocenters. The Labute approximate surface area is 114 Å². The smallest absolute Gasteiger partial charge is 0.221 e. The second-order valence-electron chi connectivity index (χ2n) is 4.38. The molecular weight excluding hydrogens is 248 g/mol. The molecule has 0 aliphatic carbocycles. The summed E-state index contributed by atoms with van der Waals surface area (Å²) in [6.45, 7) is 4.51. The molecular formula is C14H21ClN2O. The van der Waals surface area contributed by atoms with Crippen LogP contribution in [-0.4, -0.2) is 12.5 Å². The van der Waals surface area contributed by atoms with Gasteiger partial charge in [-0.05, 0) is 30.5 Å². The number of amides is 1. The van der Waals surface area contributed by atoms with E-state index < -0.39 is 0 Å². The van der Waals surface area contributed by atoms with Gasteiger partial charge < -0.3 is 11.1 Å². The first-order valence-corrected chi connectivity index (χ1v) is 6.73. The van der Waals surface area contributed by atoms with Crippen LogP contribution in [0.1, 0.15) is 38.7 Å². The first kappa shape index (κ1) is 15.0. The second kappa shape index (κ2) is 6.76. The number of nitrogens with two attached hydrogens (primary N) is 1. The van der Waals surface area contributed by atoms with Crippen LogP contribution in [0, 0.1) is 0 Å². The Hall–Kier alpha value is -1.06. The van der Waals surface area contributed by atoms with E-state index in [2.05, 4.69) is 19.2 Å². The SMILES string of the molecule is CCC(CC)(NC(=O)CCN)c1ccc(Cl)cc1. The van der Waals surface area contributed by atoms with Crippen molar-refractivity contribution in [3.8, 4) is 0 Å². The zero-order valence-electron chi connectivity index (χ0n) is 11.0. The normalized spacial score (nSPS) is 11.3. The van der Waals surface area contributed by atoms with Crippen LogP contribution >= 0.6 is 11.6 Å². The maximum Gasteiger partial charge on any atom is 0.221 e. The molecule has 1 rings (SSSR count). The number of nitrogens with one attached hydrogen (secondary N) is 1. The van der Waals surface area contributed by atoms with Crippen LogP contribution in [0.3, 0.4) is 0 Å². The van der Waals surface area contributed by atoms with Gasteiger partial charge >= 0.3 is 0 Å². The summed E-state index contributed by atoms with van der Waals surface area (Å²) >= 11 is 5.90. The third kappa shape index (κ3) is 3.47. The van der Waals surface area contributed by atoms with Gasteiger partial charge in [0.1, 0.15) is 0 Å². The van der Waals surface area contributed by atoms with Crippen LogP contribution in [-0.2, 0) is 10.3 Å². The minimum atomic E-state index is -0.323. The van der Waals surface area contributed by atoms with Crippen LogP contribution in [0.4, 0.5) is 0 Å². The Morgan fingerprint density at radius 1 is 1.28 bits per heavy atom. The van der Waals surface area contributed by atoms with E-state index in [4.69, 9.17) is 17.3 Å². The lowest BCUT2D eigenvalue weighted by atomic mass is 9.84. The van der Waals surface area contributed by atoms with Crippen LogP contribution in [0.15, 0.2) is 24.3 Å². The molecule has 0 unspecified atom stereocenters. The minimum Gasteiger partial charge on any atom is -0.347 e. The molecule has 0 saturated heterocycles. The second-order valence-corrected chi connectivity index (χ2v) is 4.82. The highest BCUT2D eigenvalue weighted by atomic mass is 35.5. The summed E-state index contributed by atoms with van der Waals surface area (Å²) in [6, 6.07) is 7.65. The number of halogens is 1. The van der Waals surface area contributed by atoms with Crippen LogP contribution < -0.4 is 11.1 Å². The van der Waals surface area contributed by atoms with Gasteiger partial charge in [0.2, 0.25) is 5.91 Å². The fourth-order valence-corrected chi connectivity index (χ4v) is 2.26. The standard InChI is InChI=1S/C14H21ClN2O/c1-3-14(4-2,17-13(18)9-10-16)11-5-7-12(15)8-6-11/h5-8H,3-4,9-10,16H2,1-2H3,(H,17,18). The molecule has 1 aromatic carbocycles. The van der Waals surface area contributed by atoms with Crippen molar-refractivity contribution < 1.29 is 4.79 Å². The van der Waals surface area contributed by atoms with E-state index >= 15 is 0 Å². The van der Waals surface area contributed by atoms with Gasteiger partial charge in [0.05, 0.1) is 5.54 Å². The molecule has 0 heterocycles. The molecule has 0 aromatic heterocycles. The summed E-state index contributed by atoms with van der Waals surface area (Å²) in [5.41, 5.74) is 6.17. The van der Waals surface area contributed by atoms with E-state index in [1.807, 2.05) is 24.3 Å². The van der Waals surface area contributed by atoms with Crippen LogP contribution in [0.2, 0.25) is 5.02 Å². The van der Waals surface area contributed by atoms with E-state index in [1.54, 1.807) is 0 Å². The highest BCUT2D eigenvalue weighted by Gasteiger charge is 2.29. The third-order valence-electron chi connectivity index (χ3n) is 3.35. The summed E-state index contributed by atoms with van der Waals surface area (Å²) in [4.78, 5) is 11.8. The molecule has 3 nitrogen and oxygen atoms in total. The predicted octanol–water partition coefficient (Wildman–Crippen LogP) is 2.82. The highest BCUT2D eigenvalue weighted by Crippen LogP contribution is 2.29. The Balaban J connectivity index is 2.98. The molecule has 18 heavy (non-hydrogen) atoms. The monoisotopic (exact) mass is 268 g/mol. The third-order valence-corrected chi connectivity index (χ3v) is 3.61. The summed E-state index contributed by atoms with van der Waals surface area (Å²) in [5, 5.41) is 3.81. The largest absolute Gasteiger partial charge is 0.347 e. The molecule has 0 aliphatic heterocycles. The first-order chi connectivity index (χ1) is 8.57. The molecule has 0 saturated carbocycles. The van der Waals surface area contributed by atoms with E-state index in [-0.39, 0.29) is 11.4 Å². The van der Waals surface area contributed by atoms with Gasteiger partial charge in [-0.2, -0.15) is 0 Å². The molecule has 1 amide bonds. The Morgan fingerprint density at radius 2 is 1.83 bits per heavy atom. The summed E-state index contributed by atoms with van der Waals surface area (Å²) in [7, 11) is 0. The number of benzene rings is 1. The molecule has 3 N–H and O–H groups in total. The highest BCUT2D eigenvalue weighted by molar-refractivity contribution is 6.30. The molecule has 0 radical (unpaired) electrons. The van der Waals surface area contributed by atoms with Crippen molar-refractivity contribution in [3.63, 3.8) is 0 Å². The lowest BCUT2D eigenvalue weighted by Gasteiger charge is -2.33. The first-order valence-electron chi connectivity index (χ1n) is 6.35. The molecule has 4 heteroatoms. The van der Waals surface area contributed by atoms with E-state index in [0.717, 1.165) is 18.4 Å². The lowest BCUT2D eigenvalue weighted by molar-refractivity contribution is -0.123. The van der Waals surface area contributed by atoms with Crippen molar-refractivity contribution >= 4 is 17.5 Å². The number of hydrogen-bond acceptors (Lipinski definition) is 2. The quantitative estimate of drug-likeness (QED) is 0.834. The molecule has 0 spiro atoms. The molecule has 0 fully saturated rings. The van der Waals surface area contributed by atoms with Gasteiger partial charge in [-0.1, -0.05) is 37.6 Å². The van der Waals surface area contributed by atoms with E-state index in [0.29, 0.717) is 18.0 Å². The Morgan fingerprint density at radius 3 is 2.28 bits per heavy atom. The van der Waals surface area contributed by atoms with Gasteiger partial charge in [0.25, 0.3) is 0 Å². The van der Waals surface area contributed by atoms with Crippen molar-refractivity contribution in [2.75, 3.05) is 6.54 Å². The Kier molecular flexibility index (Phi) is 5.63. The van der Waals surface area contributed by atoms with Gasteiger partial charge in [0.15, 0.2) is 0 Å². The number of carbonyl (C=O) groups is 1. The van der Waals surface area contributed by atoms with Gasteiger partial charge in [-0.25, -0.2) is 0 Å². The summed E-state index contributed by atoms with van der Waals surface area (Å²) in [6.07, 6.45) is 2.03. The zero-order valence-corrected chi connectivity index (χ0v) is 11.8. The van der Waals surface area contributed by atoms with Crippen molar-refractivity contribution in [1.29, 1.82) is 0 Å². The number of carbonyl (C=O) groups excluding carboxylic acids is 1. The Bertz CT molecular complexity index is 385. The van der Waals surface area contributed by atoms with Gasteiger partial charge in [-0.15, -0.1) is 0 Å². The molecule has 1 aromatic rings.